The number of carbonyl (C=O) groups excluding carboxylic acids is 1. The van der Waals surface area contributed by atoms with E-state index in [0.29, 0.717) is 12.2 Å². The molecule has 1 amide bonds. The van der Waals surface area contributed by atoms with Crippen LogP contribution in [0.4, 0.5) is 18.9 Å². The molecule has 0 N–H and O–H groups in total. The van der Waals surface area contributed by atoms with Crippen molar-refractivity contribution in [3.8, 4) is 0 Å². The summed E-state index contributed by atoms with van der Waals surface area (Å²) in [6.07, 6.45) is -2.82. The van der Waals surface area contributed by atoms with Crippen molar-refractivity contribution in [1.82, 2.24) is 0 Å². The number of alkyl halides is 3. The lowest BCUT2D eigenvalue weighted by atomic mass is 10.0. The molecule has 0 saturated carbocycles. The second kappa shape index (κ2) is 5.48. The first kappa shape index (κ1) is 14.6. The smallest absolute Gasteiger partial charge is 0.307 e. The van der Waals surface area contributed by atoms with E-state index < -0.39 is 17.6 Å². The number of carbonyl (C=O) groups is 1. The van der Waals surface area contributed by atoms with Crippen LogP contribution < -0.4 is 4.90 Å². The summed E-state index contributed by atoms with van der Waals surface area (Å²) in [5.41, 5.74) is 0.887. The summed E-state index contributed by atoms with van der Waals surface area (Å²) in [6.45, 7) is 0.489. The zero-order chi connectivity index (χ0) is 15.7. The van der Waals surface area contributed by atoms with Crippen molar-refractivity contribution in [2.24, 2.45) is 0 Å². The first-order chi connectivity index (χ1) is 10.5. The fraction of sp³-hybridized carbons (Fsp3) is 0.235. The highest BCUT2D eigenvalue weighted by Crippen LogP contribution is 2.31. The molecule has 0 aromatic heterocycles. The second-order valence-electron chi connectivity index (χ2n) is 5.18. The average Bonchev–Trinajstić information content (AvgIpc) is 2.53. The number of para-hydroxylation sites is 1. The van der Waals surface area contributed by atoms with Gasteiger partial charge in [0.15, 0.2) is 0 Å². The number of fused-ring (bicyclic) bond motifs is 1. The topological polar surface area (TPSA) is 20.3 Å². The van der Waals surface area contributed by atoms with E-state index in [2.05, 4.69) is 6.07 Å². The number of rotatable bonds is 1. The Bertz CT molecular complexity index is 709. The molecule has 0 aliphatic carbocycles. The number of benzene rings is 2. The Balaban J connectivity index is 1.96. The highest BCUT2D eigenvalue weighted by Gasteiger charge is 2.32. The molecular weight excluding hydrogens is 291 g/mol. The third-order valence-electron chi connectivity index (χ3n) is 3.70. The minimum Gasteiger partial charge on any atom is -0.307 e. The number of amides is 1. The summed E-state index contributed by atoms with van der Waals surface area (Å²) in [5, 5.41) is 0. The first-order valence-corrected chi connectivity index (χ1v) is 6.95. The van der Waals surface area contributed by atoms with E-state index in [1.54, 1.807) is 6.07 Å². The monoisotopic (exact) mass is 304 g/mol. The quantitative estimate of drug-likeness (QED) is 0.777. The Kier molecular flexibility index (Phi) is 3.64. The van der Waals surface area contributed by atoms with E-state index in [4.69, 9.17) is 0 Å². The lowest BCUT2D eigenvalue weighted by Crippen LogP contribution is -2.35. The molecule has 0 fully saturated rings. The van der Waals surface area contributed by atoms with Crippen LogP contribution in [0.5, 0.6) is 0 Å². The molecule has 0 spiro atoms. The molecule has 0 bridgehead atoms. The maximum atomic E-state index is 12.8. The van der Waals surface area contributed by atoms with Gasteiger partial charge in [-0.1, -0.05) is 24.3 Å². The van der Waals surface area contributed by atoms with Crippen molar-refractivity contribution in [3.05, 3.63) is 65.2 Å². The molecular formula is C17H13F3NO. The van der Waals surface area contributed by atoms with Gasteiger partial charge in [-0.05, 0) is 36.6 Å². The summed E-state index contributed by atoms with van der Waals surface area (Å²) in [4.78, 5) is 14.1. The van der Waals surface area contributed by atoms with Crippen LogP contribution in [0.3, 0.4) is 0 Å². The minimum absolute atomic E-state index is 0.0416. The van der Waals surface area contributed by atoms with Crippen LogP contribution >= 0.6 is 0 Å². The maximum absolute atomic E-state index is 12.8. The van der Waals surface area contributed by atoms with Gasteiger partial charge in [0.05, 0.1) is 11.3 Å². The number of halogens is 3. The Morgan fingerprint density at radius 3 is 2.77 bits per heavy atom. The molecule has 2 aromatic rings. The lowest BCUT2D eigenvalue weighted by molar-refractivity contribution is -0.137. The molecule has 3 rings (SSSR count). The predicted molar refractivity (Wildman–Crippen MR) is 76.7 cm³/mol. The molecule has 0 saturated heterocycles. The molecule has 1 aliphatic rings. The number of hydrogen-bond acceptors (Lipinski definition) is 1. The van der Waals surface area contributed by atoms with Gasteiger partial charge < -0.3 is 4.90 Å². The van der Waals surface area contributed by atoms with Crippen molar-refractivity contribution in [2.75, 3.05) is 11.4 Å². The molecule has 0 atom stereocenters. The summed E-state index contributed by atoms with van der Waals surface area (Å²) in [5.74, 6) is -0.422. The highest BCUT2D eigenvalue weighted by molar-refractivity contribution is 6.06. The number of hydrogen-bond donors (Lipinski definition) is 0. The normalized spacial score (nSPS) is 14.6. The largest absolute Gasteiger partial charge is 0.416 e. The van der Waals surface area contributed by atoms with Gasteiger partial charge in [-0.15, -0.1) is 0 Å². The molecule has 113 valence electrons. The molecule has 2 aromatic carbocycles. The fourth-order valence-electron chi connectivity index (χ4n) is 2.64. The molecule has 1 radical (unpaired) electrons. The van der Waals surface area contributed by atoms with Crippen LogP contribution in [-0.4, -0.2) is 12.5 Å². The first-order valence-electron chi connectivity index (χ1n) is 6.95. The zero-order valence-electron chi connectivity index (χ0n) is 11.7. The van der Waals surface area contributed by atoms with Crippen LogP contribution in [0.2, 0.25) is 0 Å². The van der Waals surface area contributed by atoms with Crippen molar-refractivity contribution >= 4 is 11.6 Å². The molecule has 2 nitrogen and oxygen atoms in total. The van der Waals surface area contributed by atoms with Gasteiger partial charge in [0.1, 0.15) is 0 Å². The molecule has 1 heterocycles. The number of aryl methyl sites for hydroxylation is 1. The summed E-state index contributed by atoms with van der Waals surface area (Å²) in [6, 6.07) is 13.0. The third kappa shape index (κ3) is 2.71. The molecule has 5 heteroatoms. The van der Waals surface area contributed by atoms with Gasteiger partial charge in [0.2, 0.25) is 0 Å². The van der Waals surface area contributed by atoms with E-state index in [-0.39, 0.29) is 5.56 Å². The van der Waals surface area contributed by atoms with Crippen LogP contribution in [0, 0.1) is 6.07 Å². The minimum atomic E-state index is -4.46. The molecule has 22 heavy (non-hydrogen) atoms. The van der Waals surface area contributed by atoms with Gasteiger partial charge in [-0.2, -0.15) is 13.2 Å². The maximum Gasteiger partial charge on any atom is 0.416 e. The Labute approximate surface area is 126 Å². The number of nitrogens with zero attached hydrogens (tertiary/aromatic N) is 1. The third-order valence-corrected chi connectivity index (χ3v) is 3.70. The molecule has 1 aliphatic heterocycles. The van der Waals surface area contributed by atoms with E-state index >= 15 is 0 Å². The average molecular weight is 304 g/mol. The molecule has 0 unspecified atom stereocenters. The Morgan fingerprint density at radius 2 is 2.00 bits per heavy atom. The standard InChI is InChI=1S/C17H13F3NO/c18-17(19,20)14-8-3-6-13(11-14)16(22)21-10-4-7-12-5-1-2-9-15(12)21/h1-3,5-6,8,11H,4,7,10H2. The van der Waals surface area contributed by atoms with Gasteiger partial charge in [0, 0.05) is 18.2 Å². The van der Waals surface area contributed by atoms with E-state index in [1.165, 1.54) is 17.0 Å². The fourth-order valence-corrected chi connectivity index (χ4v) is 2.64. The van der Waals surface area contributed by atoms with Crippen molar-refractivity contribution in [3.63, 3.8) is 0 Å². The van der Waals surface area contributed by atoms with Crippen molar-refractivity contribution in [2.45, 2.75) is 19.0 Å². The number of anilines is 1. The summed E-state index contributed by atoms with van der Waals surface area (Å²) < 4.78 is 38.3. The second-order valence-corrected chi connectivity index (χ2v) is 5.18. The van der Waals surface area contributed by atoms with Crippen LogP contribution in [0.15, 0.2) is 42.5 Å². The van der Waals surface area contributed by atoms with E-state index in [0.717, 1.165) is 30.5 Å². The van der Waals surface area contributed by atoms with Crippen LogP contribution in [-0.2, 0) is 12.6 Å². The van der Waals surface area contributed by atoms with Gasteiger partial charge in [0.25, 0.3) is 5.91 Å². The zero-order valence-corrected chi connectivity index (χ0v) is 11.7. The summed E-state index contributed by atoms with van der Waals surface area (Å²) >= 11 is 0. The van der Waals surface area contributed by atoms with E-state index in [9.17, 15) is 18.0 Å². The van der Waals surface area contributed by atoms with E-state index in [1.807, 2.05) is 12.1 Å². The summed E-state index contributed by atoms with van der Waals surface area (Å²) in [7, 11) is 0. The van der Waals surface area contributed by atoms with Gasteiger partial charge in [-0.3, -0.25) is 4.79 Å². The van der Waals surface area contributed by atoms with Gasteiger partial charge >= 0.3 is 6.18 Å². The Morgan fingerprint density at radius 1 is 1.18 bits per heavy atom. The van der Waals surface area contributed by atoms with Gasteiger partial charge in [-0.25, -0.2) is 0 Å². The highest BCUT2D eigenvalue weighted by atomic mass is 19.4. The lowest BCUT2D eigenvalue weighted by Gasteiger charge is -2.29. The van der Waals surface area contributed by atoms with Crippen molar-refractivity contribution in [1.29, 1.82) is 0 Å². The SMILES string of the molecule is O=C(c1cccc(C(F)(F)F)c1)N1CCCc2ccc[c]c21. The van der Waals surface area contributed by atoms with Crippen molar-refractivity contribution < 1.29 is 18.0 Å². The predicted octanol–water partition coefficient (Wildman–Crippen LogP) is 4.10. The Hall–Kier alpha value is -2.30. The van der Waals surface area contributed by atoms with Crippen LogP contribution in [0.25, 0.3) is 0 Å². The van der Waals surface area contributed by atoms with Crippen LogP contribution in [0.1, 0.15) is 27.9 Å².